The Morgan fingerprint density at radius 1 is 1.03 bits per heavy atom. The molecule has 3 amide bonds. The van der Waals surface area contributed by atoms with E-state index in [0.717, 1.165) is 17.0 Å². The van der Waals surface area contributed by atoms with E-state index in [2.05, 4.69) is 25.3 Å². The lowest BCUT2D eigenvalue weighted by Crippen LogP contribution is -2.43. The third-order valence-electron chi connectivity index (χ3n) is 5.38. The Morgan fingerprint density at radius 2 is 1.67 bits per heavy atom. The molecule has 4 rings (SSSR count). The van der Waals surface area contributed by atoms with Gasteiger partial charge in [-0.05, 0) is 44.2 Å². The van der Waals surface area contributed by atoms with Crippen LogP contribution in [0, 0.1) is 0 Å². The van der Waals surface area contributed by atoms with Gasteiger partial charge in [0.05, 0.1) is 40.9 Å². The van der Waals surface area contributed by atoms with Crippen molar-refractivity contribution in [2.24, 2.45) is 0 Å². The number of nitrogens with zero attached hydrogens (tertiary/aromatic N) is 6. The van der Waals surface area contributed by atoms with Crippen LogP contribution in [-0.2, 0) is 21.2 Å². The van der Waals surface area contributed by atoms with E-state index in [4.69, 9.17) is 0 Å². The van der Waals surface area contributed by atoms with Gasteiger partial charge in [-0.15, -0.1) is 0 Å². The predicted octanol–water partition coefficient (Wildman–Crippen LogP) is 3.05. The molecule has 3 heterocycles. The summed E-state index contributed by atoms with van der Waals surface area (Å²) in [6.07, 6.45) is 5.84. The lowest BCUT2D eigenvalue weighted by molar-refractivity contribution is -0.123. The first kappa shape index (κ1) is 25.0. The van der Waals surface area contributed by atoms with E-state index >= 15 is 0 Å². The number of carbonyl (C=O) groups excluding carboxylic acids is 2. The van der Waals surface area contributed by atoms with E-state index < -0.39 is 37.7 Å². The molecule has 1 saturated heterocycles. The molecule has 0 bridgehead atoms. The SMILES string of the molecule is CC1(C)C(=O)N(c2ccc(S(=O)(=O)C(F)(F)F)cc2)C(=O)N1Cc1ccnc(Nc2cncnc2)n1. The number of hydrogen-bond donors (Lipinski definition) is 1. The highest BCUT2D eigenvalue weighted by Gasteiger charge is 2.52. The number of halogens is 3. The Bertz CT molecular complexity index is 1420. The predicted molar refractivity (Wildman–Crippen MR) is 120 cm³/mol. The molecule has 1 aromatic carbocycles. The van der Waals surface area contributed by atoms with Gasteiger partial charge in [-0.1, -0.05) is 0 Å². The number of nitrogens with one attached hydrogen (secondary N) is 1. The van der Waals surface area contributed by atoms with Gasteiger partial charge in [0.2, 0.25) is 5.95 Å². The summed E-state index contributed by atoms with van der Waals surface area (Å²) in [7, 11) is -5.57. The average Bonchev–Trinajstić information content (AvgIpc) is 2.98. The van der Waals surface area contributed by atoms with Crippen LogP contribution in [0.2, 0.25) is 0 Å². The first-order valence-corrected chi connectivity index (χ1v) is 11.7. The van der Waals surface area contributed by atoms with Crippen LogP contribution in [0.5, 0.6) is 0 Å². The van der Waals surface area contributed by atoms with Crippen molar-refractivity contribution >= 4 is 39.1 Å². The molecule has 0 spiro atoms. The van der Waals surface area contributed by atoms with Gasteiger partial charge in [0.25, 0.3) is 15.7 Å². The summed E-state index contributed by atoms with van der Waals surface area (Å²) in [5.74, 6) is -0.441. The molecule has 3 aromatic rings. The third kappa shape index (κ3) is 4.44. The second-order valence-corrected chi connectivity index (χ2v) is 10.1. The summed E-state index contributed by atoms with van der Waals surface area (Å²) in [6.45, 7) is 2.94. The highest BCUT2D eigenvalue weighted by atomic mass is 32.2. The van der Waals surface area contributed by atoms with Gasteiger partial charge in [-0.25, -0.2) is 38.0 Å². The Labute approximate surface area is 202 Å². The van der Waals surface area contributed by atoms with Crippen molar-refractivity contribution < 1.29 is 31.2 Å². The van der Waals surface area contributed by atoms with Crippen LogP contribution in [0.3, 0.4) is 0 Å². The molecule has 2 aromatic heterocycles. The molecule has 1 aliphatic heterocycles. The summed E-state index contributed by atoms with van der Waals surface area (Å²) < 4.78 is 61.7. The van der Waals surface area contributed by atoms with Gasteiger partial charge in [-0.3, -0.25) is 4.79 Å². The minimum absolute atomic E-state index is 0.0733. The summed E-state index contributed by atoms with van der Waals surface area (Å²) in [5.41, 5.74) is -5.96. The van der Waals surface area contributed by atoms with E-state index in [-0.39, 0.29) is 18.2 Å². The summed E-state index contributed by atoms with van der Waals surface area (Å²) in [4.78, 5) is 43.5. The van der Waals surface area contributed by atoms with Crippen LogP contribution >= 0.6 is 0 Å². The van der Waals surface area contributed by atoms with Gasteiger partial charge < -0.3 is 10.2 Å². The molecular formula is C21H18F3N7O4S. The monoisotopic (exact) mass is 521 g/mol. The van der Waals surface area contributed by atoms with Gasteiger partial charge in [-0.2, -0.15) is 13.2 Å². The average molecular weight is 521 g/mol. The van der Waals surface area contributed by atoms with Gasteiger partial charge in [0.15, 0.2) is 0 Å². The minimum atomic E-state index is -5.57. The van der Waals surface area contributed by atoms with Crippen LogP contribution in [-0.4, -0.2) is 56.2 Å². The molecule has 11 nitrogen and oxygen atoms in total. The molecular weight excluding hydrogens is 503 g/mol. The van der Waals surface area contributed by atoms with Gasteiger partial charge >= 0.3 is 11.5 Å². The maximum Gasteiger partial charge on any atom is 0.501 e. The van der Waals surface area contributed by atoms with Crippen LogP contribution in [0.25, 0.3) is 0 Å². The van der Waals surface area contributed by atoms with Crippen molar-refractivity contribution in [2.45, 2.75) is 36.3 Å². The van der Waals surface area contributed by atoms with Crippen LogP contribution in [0.15, 0.2) is 60.1 Å². The topological polar surface area (TPSA) is 138 Å². The highest BCUT2D eigenvalue weighted by molar-refractivity contribution is 7.92. The van der Waals surface area contributed by atoms with Gasteiger partial charge in [0, 0.05) is 6.20 Å². The molecule has 0 aliphatic carbocycles. The van der Waals surface area contributed by atoms with Crippen LogP contribution < -0.4 is 10.2 Å². The largest absolute Gasteiger partial charge is 0.501 e. The zero-order valence-corrected chi connectivity index (χ0v) is 19.6. The number of hydrogen-bond acceptors (Lipinski definition) is 9. The lowest BCUT2D eigenvalue weighted by Gasteiger charge is -2.27. The number of rotatable bonds is 6. The minimum Gasteiger partial charge on any atom is -0.322 e. The smallest absolute Gasteiger partial charge is 0.322 e. The van der Waals surface area contributed by atoms with E-state index in [1.807, 2.05) is 0 Å². The van der Waals surface area contributed by atoms with E-state index in [1.54, 1.807) is 6.07 Å². The zero-order valence-electron chi connectivity index (χ0n) is 18.8. The van der Waals surface area contributed by atoms with E-state index in [9.17, 15) is 31.2 Å². The normalized spacial score (nSPS) is 15.9. The number of carbonyl (C=O) groups is 2. The molecule has 36 heavy (non-hydrogen) atoms. The lowest BCUT2D eigenvalue weighted by atomic mass is 10.0. The second-order valence-electron chi connectivity index (χ2n) is 8.14. The van der Waals surface area contributed by atoms with Crippen molar-refractivity contribution in [3.8, 4) is 0 Å². The first-order valence-electron chi connectivity index (χ1n) is 10.2. The van der Waals surface area contributed by atoms with Crippen LogP contribution in [0.1, 0.15) is 19.5 Å². The number of alkyl halides is 3. The van der Waals surface area contributed by atoms with Crippen molar-refractivity contribution in [3.63, 3.8) is 0 Å². The molecule has 0 saturated carbocycles. The fourth-order valence-corrected chi connectivity index (χ4v) is 4.20. The van der Waals surface area contributed by atoms with E-state index in [0.29, 0.717) is 23.5 Å². The van der Waals surface area contributed by atoms with Crippen molar-refractivity contribution in [1.29, 1.82) is 0 Å². The Morgan fingerprint density at radius 3 is 2.28 bits per heavy atom. The summed E-state index contributed by atoms with van der Waals surface area (Å²) in [6, 6.07) is 4.15. The van der Waals surface area contributed by atoms with Gasteiger partial charge in [0.1, 0.15) is 11.9 Å². The highest BCUT2D eigenvalue weighted by Crippen LogP contribution is 2.35. The Hall–Kier alpha value is -4.14. The third-order valence-corrected chi connectivity index (χ3v) is 6.89. The zero-order chi connectivity index (χ0) is 26.3. The molecule has 15 heteroatoms. The maximum atomic E-state index is 13.2. The molecule has 1 N–H and O–H groups in total. The van der Waals surface area contributed by atoms with Crippen LogP contribution in [0.4, 0.5) is 35.3 Å². The molecule has 0 radical (unpaired) electrons. The van der Waals surface area contributed by atoms with Crippen molar-refractivity contribution in [1.82, 2.24) is 24.8 Å². The van der Waals surface area contributed by atoms with Crippen molar-refractivity contribution in [3.05, 3.63) is 60.9 Å². The number of amides is 3. The second kappa shape index (κ2) is 8.82. The van der Waals surface area contributed by atoms with Crippen molar-refractivity contribution in [2.75, 3.05) is 10.2 Å². The molecule has 188 valence electrons. The Balaban J connectivity index is 1.58. The number of benzene rings is 1. The summed E-state index contributed by atoms with van der Waals surface area (Å²) in [5, 5.41) is 2.92. The fraction of sp³-hybridized carbons (Fsp3) is 0.238. The number of urea groups is 1. The fourth-order valence-electron chi connectivity index (χ4n) is 3.44. The summed E-state index contributed by atoms with van der Waals surface area (Å²) >= 11 is 0. The quantitative estimate of drug-likeness (QED) is 0.485. The number of sulfone groups is 1. The number of anilines is 3. The number of aromatic nitrogens is 4. The molecule has 1 aliphatic rings. The van der Waals surface area contributed by atoms with E-state index in [1.165, 1.54) is 43.7 Å². The standard InChI is InChI=1S/C21H18F3N7O4S/c1-20(2)17(32)31(15-3-5-16(6-4-15)36(34,35)21(22,23)24)19(33)30(20)11-13-7-8-27-18(28-13)29-14-9-25-12-26-10-14/h3-10,12H,11H2,1-2H3,(H,27,28,29). The number of imide groups is 1. The molecule has 1 fully saturated rings. The molecule has 0 unspecified atom stereocenters. The first-order chi connectivity index (χ1) is 16.8. The maximum absolute atomic E-state index is 13.2. The Kier molecular flexibility index (Phi) is 6.12. The molecule has 0 atom stereocenters.